The van der Waals surface area contributed by atoms with Crippen LogP contribution in [0.2, 0.25) is 0 Å². The van der Waals surface area contributed by atoms with E-state index < -0.39 is 41.0 Å². The first-order valence-corrected chi connectivity index (χ1v) is 23.5. The fourth-order valence-electron chi connectivity index (χ4n) is 5.90. The molecule has 0 atom stereocenters. The second-order valence-electron chi connectivity index (χ2n) is 12.7. The van der Waals surface area contributed by atoms with E-state index in [9.17, 15) is 37.1 Å². The Bertz CT molecular complexity index is 2720. The average molecular weight is 984 g/mol. The van der Waals surface area contributed by atoms with Crippen molar-refractivity contribution >= 4 is 87.4 Å². The molecule has 344 valence electrons. The van der Waals surface area contributed by atoms with Gasteiger partial charge in [0.2, 0.25) is 11.5 Å². The van der Waals surface area contributed by atoms with Crippen molar-refractivity contribution in [2.24, 2.45) is 0 Å². The van der Waals surface area contributed by atoms with E-state index in [0.29, 0.717) is 16.0 Å². The van der Waals surface area contributed by atoms with Gasteiger partial charge in [-0.15, -0.1) is 34.8 Å². The number of rotatable bonds is 19. The summed E-state index contributed by atoms with van der Waals surface area (Å²) < 4.78 is 70.9. The van der Waals surface area contributed by atoms with Gasteiger partial charge >= 0.3 is 11.4 Å². The second kappa shape index (κ2) is 25.7. The van der Waals surface area contributed by atoms with Gasteiger partial charge in [0.05, 0.1) is 55.9 Å². The standard InChI is InChI=1S/C21H20ClNO7S.C11H9ClO2S.C10H12ClNO5.CH4/c22-8-10-30-19-13-17(29-11-9-24)12-16(21(19)23(25)26)14-31(27,28)20-7-3-5-15-4-1-2-6-18(15)20;12-8-15(13,14)11-7-3-5-9-4-1-2-6-10(9)11;11-3-5-17-10-7-8(16-6-4-13)1-2-9(10)12(14)15;/h1-7,12-13,24H,8-11,14H2;1-7H,8H2;1-2,7,13H,3-6H2;1H4. The summed E-state index contributed by atoms with van der Waals surface area (Å²) in [7, 11) is -7.32. The van der Waals surface area contributed by atoms with E-state index in [-0.39, 0.29) is 97.4 Å². The lowest BCUT2D eigenvalue weighted by molar-refractivity contribution is -0.386. The molecule has 0 radical (unpaired) electrons. The molecule has 2 N–H and O–H groups in total. The van der Waals surface area contributed by atoms with Crippen molar-refractivity contribution in [2.45, 2.75) is 23.0 Å². The number of aliphatic hydroxyl groups is 2. The summed E-state index contributed by atoms with van der Waals surface area (Å²) in [5.41, 5.74) is -0.699. The molecule has 0 bridgehead atoms. The number of hydrogen-bond donors (Lipinski definition) is 2. The van der Waals surface area contributed by atoms with Gasteiger partial charge in [-0.1, -0.05) is 80.2 Å². The molecule has 6 rings (SSSR count). The number of halogens is 3. The van der Waals surface area contributed by atoms with Gasteiger partial charge in [0.1, 0.15) is 43.1 Å². The van der Waals surface area contributed by atoms with Gasteiger partial charge in [0.25, 0.3) is 0 Å². The van der Waals surface area contributed by atoms with Gasteiger partial charge in [-0.2, -0.15) is 0 Å². The van der Waals surface area contributed by atoms with E-state index in [0.717, 1.165) is 16.2 Å². The number of nitro benzene ring substituents is 2. The number of sulfone groups is 2. The molecular weight excluding hydrogens is 939 g/mol. The van der Waals surface area contributed by atoms with Crippen LogP contribution in [0.15, 0.2) is 125 Å². The Hall–Kier alpha value is -5.47. The van der Waals surface area contributed by atoms with Crippen LogP contribution in [0.3, 0.4) is 0 Å². The molecule has 16 nitrogen and oxygen atoms in total. The Balaban J connectivity index is 0.000000279. The maximum absolute atomic E-state index is 13.3. The van der Waals surface area contributed by atoms with Crippen molar-refractivity contribution in [2.75, 3.05) is 56.6 Å². The van der Waals surface area contributed by atoms with Gasteiger partial charge in [0, 0.05) is 29.0 Å². The van der Waals surface area contributed by atoms with Crippen LogP contribution in [0.25, 0.3) is 21.5 Å². The molecule has 0 aliphatic heterocycles. The highest BCUT2D eigenvalue weighted by Crippen LogP contribution is 2.38. The number of nitro groups is 2. The SMILES string of the molecule is C.O=S(=O)(CCl)c1cccc2ccccc12.O=[N+]([O-])c1c(CS(=O)(=O)c2cccc3ccccc23)cc(OCCO)cc1OCCCl.O=[N+]([O-])c1ccc(OCCO)cc1OCCCl. The minimum Gasteiger partial charge on any atom is -0.491 e. The van der Waals surface area contributed by atoms with Crippen LogP contribution >= 0.6 is 34.8 Å². The topological polar surface area (TPSA) is 232 Å². The Labute approximate surface area is 385 Å². The van der Waals surface area contributed by atoms with Gasteiger partial charge in [-0.05, 0) is 35.0 Å². The maximum Gasteiger partial charge on any atom is 0.315 e. The maximum atomic E-state index is 13.3. The van der Waals surface area contributed by atoms with Crippen LogP contribution < -0.4 is 18.9 Å². The number of alkyl halides is 3. The molecule has 64 heavy (non-hydrogen) atoms. The van der Waals surface area contributed by atoms with E-state index in [4.69, 9.17) is 64.0 Å². The lowest BCUT2D eigenvalue weighted by atomic mass is 10.1. The number of ether oxygens (including phenoxy) is 4. The molecule has 0 aromatic heterocycles. The highest BCUT2D eigenvalue weighted by molar-refractivity contribution is 7.92. The Morgan fingerprint density at radius 1 is 0.547 bits per heavy atom. The fourth-order valence-corrected chi connectivity index (χ4v) is 8.92. The van der Waals surface area contributed by atoms with Crippen LogP contribution in [-0.4, -0.2) is 93.5 Å². The third-order valence-electron chi connectivity index (χ3n) is 8.49. The fraction of sp³-hybridized carbons (Fsp3) is 0.256. The zero-order valence-electron chi connectivity index (χ0n) is 33.2. The molecule has 0 aliphatic carbocycles. The van der Waals surface area contributed by atoms with Gasteiger partial charge in [-0.25, -0.2) is 16.8 Å². The number of benzene rings is 6. The highest BCUT2D eigenvalue weighted by Gasteiger charge is 2.29. The molecule has 0 unspecified atom stereocenters. The summed E-state index contributed by atoms with van der Waals surface area (Å²) in [6.07, 6.45) is 0. The third kappa shape index (κ3) is 14.5. The number of aliphatic hydroxyl groups excluding tert-OH is 2. The first kappa shape index (κ1) is 52.9. The summed E-state index contributed by atoms with van der Waals surface area (Å²) in [5, 5.41) is 42.6. The highest BCUT2D eigenvalue weighted by atomic mass is 35.5. The molecule has 0 saturated carbocycles. The van der Waals surface area contributed by atoms with Gasteiger partial charge in [-0.3, -0.25) is 20.2 Å². The van der Waals surface area contributed by atoms with Crippen molar-refractivity contribution in [1.82, 2.24) is 0 Å². The van der Waals surface area contributed by atoms with Gasteiger partial charge < -0.3 is 29.2 Å². The van der Waals surface area contributed by atoms with E-state index in [1.807, 2.05) is 24.3 Å². The summed E-state index contributed by atoms with van der Waals surface area (Å²) in [5.74, 6) is 0.184. The molecule has 0 heterocycles. The molecule has 6 aromatic rings. The average Bonchev–Trinajstić information content (AvgIpc) is 3.28. The summed E-state index contributed by atoms with van der Waals surface area (Å²) >= 11 is 16.5. The molecule has 0 fully saturated rings. The largest absolute Gasteiger partial charge is 0.491 e. The number of hydrogen-bond acceptors (Lipinski definition) is 14. The molecular formula is C43H45Cl3N2O14S2. The Morgan fingerprint density at radius 3 is 1.53 bits per heavy atom. The van der Waals surface area contributed by atoms with Crippen LogP contribution in [-0.2, 0) is 25.4 Å². The van der Waals surface area contributed by atoms with E-state index in [1.54, 1.807) is 54.6 Å². The Kier molecular flexibility index (Phi) is 21.3. The molecule has 0 amide bonds. The van der Waals surface area contributed by atoms with Crippen molar-refractivity contribution in [3.8, 4) is 23.0 Å². The normalized spacial score (nSPS) is 11.0. The van der Waals surface area contributed by atoms with Crippen molar-refractivity contribution < 1.29 is 55.8 Å². The summed E-state index contributed by atoms with van der Waals surface area (Å²) in [4.78, 5) is 21.7. The van der Waals surface area contributed by atoms with Crippen molar-refractivity contribution in [3.05, 3.63) is 141 Å². The van der Waals surface area contributed by atoms with Crippen LogP contribution in [0, 0.1) is 20.2 Å². The molecule has 0 saturated heterocycles. The minimum absolute atomic E-state index is 0. The summed E-state index contributed by atoms with van der Waals surface area (Å²) in [6.45, 7) is -0.199. The quantitative estimate of drug-likeness (QED) is 0.0439. The lowest BCUT2D eigenvalue weighted by Gasteiger charge is -2.14. The monoisotopic (exact) mass is 982 g/mol. The van der Waals surface area contributed by atoms with Crippen molar-refractivity contribution in [1.29, 1.82) is 0 Å². The summed E-state index contributed by atoms with van der Waals surface area (Å²) in [6, 6.07) is 31.1. The molecule has 0 spiro atoms. The van der Waals surface area contributed by atoms with Gasteiger partial charge in [0.15, 0.2) is 19.7 Å². The van der Waals surface area contributed by atoms with Crippen LogP contribution in [0.4, 0.5) is 11.4 Å². The zero-order valence-corrected chi connectivity index (χ0v) is 37.1. The minimum atomic E-state index is -3.96. The molecule has 0 aliphatic rings. The lowest BCUT2D eigenvalue weighted by Crippen LogP contribution is -2.11. The van der Waals surface area contributed by atoms with E-state index in [1.165, 1.54) is 36.4 Å². The van der Waals surface area contributed by atoms with Crippen LogP contribution in [0.5, 0.6) is 23.0 Å². The van der Waals surface area contributed by atoms with Crippen LogP contribution in [0.1, 0.15) is 13.0 Å². The molecule has 21 heteroatoms. The van der Waals surface area contributed by atoms with Crippen molar-refractivity contribution in [3.63, 3.8) is 0 Å². The number of nitrogens with zero attached hydrogens (tertiary/aromatic N) is 2. The van der Waals surface area contributed by atoms with E-state index >= 15 is 0 Å². The Morgan fingerprint density at radius 2 is 1.03 bits per heavy atom. The first-order valence-electron chi connectivity index (χ1n) is 18.6. The predicted molar refractivity (Wildman–Crippen MR) is 247 cm³/mol. The number of fused-ring (bicyclic) bond motifs is 2. The third-order valence-corrected chi connectivity index (χ3v) is 12.7. The first-order chi connectivity index (χ1) is 30.2. The molecule has 6 aromatic carbocycles. The van der Waals surface area contributed by atoms with E-state index in [2.05, 4.69) is 0 Å². The smallest absolute Gasteiger partial charge is 0.315 e. The second-order valence-corrected chi connectivity index (χ2v) is 18.0. The zero-order chi connectivity index (χ0) is 46.0. The predicted octanol–water partition coefficient (Wildman–Crippen LogP) is 8.74.